The molecule has 0 unspecified atom stereocenters. The molecule has 2 saturated heterocycles. The zero-order valence-corrected chi connectivity index (χ0v) is 18.8. The van der Waals surface area contributed by atoms with Gasteiger partial charge in [0.15, 0.2) is 5.96 Å². The highest BCUT2D eigenvalue weighted by Gasteiger charge is 2.24. The number of carbonyl (C=O) groups is 1. The van der Waals surface area contributed by atoms with E-state index in [-0.39, 0.29) is 18.3 Å². The molecule has 9 nitrogen and oxygen atoms in total. The van der Waals surface area contributed by atoms with Crippen LogP contribution in [0.2, 0.25) is 0 Å². The monoisotopic (exact) mass is 431 g/mol. The molecule has 2 rings (SSSR count). The molecule has 10 heteroatoms. The molecule has 0 aromatic heterocycles. The lowest BCUT2D eigenvalue weighted by atomic mass is 10.1. The molecule has 0 saturated carbocycles. The highest BCUT2D eigenvalue weighted by Crippen LogP contribution is 2.10. The van der Waals surface area contributed by atoms with Crippen molar-refractivity contribution in [1.82, 2.24) is 20.0 Å². The van der Waals surface area contributed by atoms with Crippen molar-refractivity contribution in [1.29, 1.82) is 0 Å². The van der Waals surface area contributed by atoms with Crippen LogP contribution in [0, 0.1) is 0 Å². The van der Waals surface area contributed by atoms with Crippen molar-refractivity contribution < 1.29 is 17.9 Å². The number of likely N-dealkylation sites (tertiary alicyclic amines) is 1. The fourth-order valence-electron chi connectivity index (χ4n) is 3.51. The van der Waals surface area contributed by atoms with Crippen LogP contribution in [0.3, 0.4) is 0 Å². The Hall–Kier alpha value is -1.39. The number of sulfone groups is 1. The van der Waals surface area contributed by atoms with E-state index in [4.69, 9.17) is 4.74 Å². The second-order valence-corrected chi connectivity index (χ2v) is 9.94. The molecular formula is C19H37N5O4S. The third-order valence-corrected chi connectivity index (χ3v) is 6.08. The van der Waals surface area contributed by atoms with Crippen LogP contribution >= 0.6 is 0 Å². The Morgan fingerprint density at radius 1 is 1.00 bits per heavy atom. The Balaban J connectivity index is 1.71. The van der Waals surface area contributed by atoms with Gasteiger partial charge in [-0.1, -0.05) is 0 Å². The van der Waals surface area contributed by atoms with Crippen molar-refractivity contribution in [3.63, 3.8) is 0 Å². The molecule has 2 aliphatic rings. The Kier molecular flexibility index (Phi) is 10.2. The van der Waals surface area contributed by atoms with Crippen LogP contribution in [0.25, 0.3) is 0 Å². The molecule has 2 fully saturated rings. The minimum Gasteiger partial charge on any atom is -0.378 e. The predicted molar refractivity (Wildman–Crippen MR) is 115 cm³/mol. The lowest BCUT2D eigenvalue weighted by molar-refractivity contribution is -0.133. The summed E-state index contributed by atoms with van der Waals surface area (Å²) >= 11 is 0. The molecule has 0 spiro atoms. The van der Waals surface area contributed by atoms with Crippen molar-refractivity contribution in [3.05, 3.63) is 0 Å². The van der Waals surface area contributed by atoms with Crippen molar-refractivity contribution in [2.45, 2.75) is 26.2 Å². The first-order valence-corrected chi connectivity index (χ1v) is 12.7. The number of nitrogens with zero attached hydrogens (tertiary/aromatic N) is 4. The third kappa shape index (κ3) is 9.31. The molecule has 2 heterocycles. The van der Waals surface area contributed by atoms with Gasteiger partial charge in [0.25, 0.3) is 0 Å². The Bertz CT molecular complexity index is 627. The van der Waals surface area contributed by atoms with Crippen LogP contribution in [-0.2, 0) is 19.4 Å². The molecule has 0 aliphatic carbocycles. The number of hydrogen-bond acceptors (Lipinski definition) is 6. The van der Waals surface area contributed by atoms with Crippen LogP contribution in [0.4, 0.5) is 0 Å². The molecule has 0 aromatic carbocycles. The van der Waals surface area contributed by atoms with E-state index in [2.05, 4.69) is 20.1 Å². The fraction of sp³-hybridized carbons (Fsp3) is 0.895. The minimum absolute atomic E-state index is 0.0366. The van der Waals surface area contributed by atoms with Crippen molar-refractivity contribution >= 4 is 21.7 Å². The van der Waals surface area contributed by atoms with E-state index in [1.54, 1.807) is 0 Å². The molecule has 1 amide bonds. The maximum absolute atomic E-state index is 12.5. The van der Waals surface area contributed by atoms with E-state index >= 15 is 0 Å². The summed E-state index contributed by atoms with van der Waals surface area (Å²) in [6.45, 7) is 9.56. The van der Waals surface area contributed by atoms with Gasteiger partial charge in [-0.2, -0.15) is 0 Å². The van der Waals surface area contributed by atoms with Gasteiger partial charge < -0.3 is 19.9 Å². The molecule has 29 heavy (non-hydrogen) atoms. The number of rotatable bonds is 9. The molecular weight excluding hydrogens is 394 g/mol. The van der Waals surface area contributed by atoms with Gasteiger partial charge in [-0.3, -0.25) is 14.7 Å². The number of guanidine groups is 1. The van der Waals surface area contributed by atoms with Gasteiger partial charge in [0.05, 0.1) is 32.1 Å². The van der Waals surface area contributed by atoms with E-state index < -0.39 is 9.84 Å². The number of piperidine rings is 1. The van der Waals surface area contributed by atoms with Crippen LogP contribution < -0.4 is 5.32 Å². The highest BCUT2D eigenvalue weighted by atomic mass is 32.2. The van der Waals surface area contributed by atoms with Gasteiger partial charge in [-0.25, -0.2) is 8.42 Å². The maximum atomic E-state index is 12.5. The van der Waals surface area contributed by atoms with Gasteiger partial charge in [0.1, 0.15) is 9.84 Å². The van der Waals surface area contributed by atoms with Gasteiger partial charge in [-0.15, -0.1) is 0 Å². The third-order valence-electron chi connectivity index (χ3n) is 5.17. The second-order valence-electron chi connectivity index (χ2n) is 7.68. The number of hydrogen-bond donors (Lipinski definition) is 1. The van der Waals surface area contributed by atoms with E-state index in [0.717, 1.165) is 64.6 Å². The van der Waals surface area contributed by atoms with Crippen molar-refractivity contribution in [2.75, 3.05) is 84.1 Å². The normalized spacial score (nSPS) is 19.4. The Morgan fingerprint density at radius 3 is 2.31 bits per heavy atom. The summed E-state index contributed by atoms with van der Waals surface area (Å²) < 4.78 is 27.6. The number of ether oxygens (including phenoxy) is 1. The number of piperazine rings is 1. The van der Waals surface area contributed by atoms with Gasteiger partial charge in [0, 0.05) is 52.1 Å². The molecule has 2 aliphatic heterocycles. The predicted octanol–water partition coefficient (Wildman–Crippen LogP) is -0.357. The zero-order chi connectivity index (χ0) is 21.1. The van der Waals surface area contributed by atoms with Crippen LogP contribution in [-0.4, -0.2) is 119 Å². The first-order valence-electron chi connectivity index (χ1n) is 10.7. The summed E-state index contributed by atoms with van der Waals surface area (Å²) in [5, 5.41) is 3.31. The van der Waals surface area contributed by atoms with Gasteiger partial charge >= 0.3 is 0 Å². The quantitative estimate of drug-likeness (QED) is 0.303. The molecule has 0 aromatic rings. The standard InChI is InChI=1S/C19H37N5O4S/c1-3-20-19(21-7-14-28-15-16-29(2,26)27)24-12-10-22(11-13-24)17-18(25)23-8-5-4-6-9-23/h3-17H2,1-2H3,(H,20,21). The number of carbonyl (C=O) groups excluding carboxylic acids is 1. The minimum atomic E-state index is -2.99. The first-order chi connectivity index (χ1) is 13.9. The molecule has 0 radical (unpaired) electrons. The summed E-state index contributed by atoms with van der Waals surface area (Å²) in [5.41, 5.74) is 0. The summed E-state index contributed by atoms with van der Waals surface area (Å²) in [4.78, 5) is 23.5. The van der Waals surface area contributed by atoms with E-state index in [1.807, 2.05) is 11.8 Å². The number of amides is 1. The molecule has 0 atom stereocenters. The van der Waals surface area contributed by atoms with Crippen LogP contribution in [0.5, 0.6) is 0 Å². The van der Waals surface area contributed by atoms with E-state index in [9.17, 15) is 13.2 Å². The Morgan fingerprint density at radius 2 is 1.69 bits per heavy atom. The van der Waals surface area contributed by atoms with Gasteiger partial charge in [0.2, 0.25) is 5.91 Å². The molecule has 168 valence electrons. The van der Waals surface area contributed by atoms with Crippen molar-refractivity contribution in [3.8, 4) is 0 Å². The number of nitrogens with one attached hydrogen (secondary N) is 1. The first kappa shape index (κ1) is 23.9. The Labute approximate surface area is 175 Å². The largest absolute Gasteiger partial charge is 0.378 e. The zero-order valence-electron chi connectivity index (χ0n) is 17.9. The lowest BCUT2D eigenvalue weighted by Crippen LogP contribution is -2.54. The van der Waals surface area contributed by atoms with Crippen LogP contribution in [0.15, 0.2) is 4.99 Å². The smallest absolute Gasteiger partial charge is 0.236 e. The lowest BCUT2D eigenvalue weighted by Gasteiger charge is -2.37. The molecule has 1 N–H and O–H groups in total. The second kappa shape index (κ2) is 12.3. The van der Waals surface area contributed by atoms with Gasteiger partial charge in [-0.05, 0) is 26.2 Å². The average molecular weight is 432 g/mol. The molecule has 0 bridgehead atoms. The summed E-state index contributed by atoms with van der Waals surface area (Å²) in [6.07, 6.45) is 4.69. The fourth-order valence-corrected chi connectivity index (χ4v) is 3.93. The average Bonchev–Trinajstić information content (AvgIpc) is 2.70. The summed E-state index contributed by atoms with van der Waals surface area (Å²) in [5.74, 6) is 1.14. The topological polar surface area (TPSA) is 94.5 Å². The maximum Gasteiger partial charge on any atom is 0.236 e. The SMILES string of the molecule is CCNC(=NCCOCCS(C)(=O)=O)N1CCN(CC(=O)N2CCCCC2)CC1. The van der Waals surface area contributed by atoms with E-state index in [1.165, 1.54) is 12.7 Å². The number of aliphatic imine (C=N–C) groups is 1. The van der Waals surface area contributed by atoms with E-state index in [0.29, 0.717) is 19.7 Å². The van der Waals surface area contributed by atoms with Crippen molar-refractivity contribution in [2.24, 2.45) is 4.99 Å². The highest BCUT2D eigenvalue weighted by molar-refractivity contribution is 7.90. The summed E-state index contributed by atoms with van der Waals surface area (Å²) in [6, 6.07) is 0. The summed E-state index contributed by atoms with van der Waals surface area (Å²) in [7, 11) is -2.99. The van der Waals surface area contributed by atoms with Crippen LogP contribution in [0.1, 0.15) is 26.2 Å².